The van der Waals surface area contributed by atoms with Crippen LogP contribution in [0.4, 0.5) is 0 Å². The summed E-state index contributed by atoms with van der Waals surface area (Å²) in [4.78, 5) is 10.4. The highest BCUT2D eigenvalue weighted by molar-refractivity contribution is 9.10. The molecule has 1 aromatic rings. The molecule has 1 rings (SSSR count). The number of carbonyl (C=O) groups is 1. The van der Waals surface area contributed by atoms with Crippen molar-refractivity contribution in [2.45, 2.75) is 18.9 Å². The fourth-order valence-electron chi connectivity index (χ4n) is 1.23. The van der Waals surface area contributed by atoms with E-state index in [9.17, 15) is 4.79 Å². The predicted octanol–water partition coefficient (Wildman–Crippen LogP) is 2.97. The second-order valence-electron chi connectivity index (χ2n) is 3.20. The average Bonchev–Trinajstić information content (AvgIpc) is 2.18. The van der Waals surface area contributed by atoms with Crippen LogP contribution < -0.4 is 5.73 Å². The number of carboxylic acid groups (broad SMARTS) is 1. The number of aliphatic carboxylic acids is 1. The summed E-state index contributed by atoms with van der Waals surface area (Å²) in [6.07, 6.45) is 0.453. The van der Waals surface area contributed by atoms with Gasteiger partial charge in [-0.2, -0.15) is 0 Å². The number of benzene rings is 1. The molecule has 0 bridgehead atoms. The zero-order valence-electron chi connectivity index (χ0n) is 7.91. The molecule has 0 radical (unpaired) electrons. The zero-order chi connectivity index (χ0) is 11.4. The number of carboxylic acids is 1. The zero-order valence-corrected chi connectivity index (χ0v) is 10.3. The van der Waals surface area contributed by atoms with E-state index in [4.69, 9.17) is 22.4 Å². The molecule has 5 heteroatoms. The van der Waals surface area contributed by atoms with Crippen molar-refractivity contribution >= 4 is 33.5 Å². The summed E-state index contributed by atoms with van der Waals surface area (Å²) in [5.74, 6) is -0.844. The smallest absolute Gasteiger partial charge is 0.303 e. The monoisotopic (exact) mass is 291 g/mol. The molecule has 0 aliphatic heterocycles. The Morgan fingerprint density at radius 3 is 2.87 bits per heavy atom. The number of rotatable bonds is 4. The Balaban J connectivity index is 2.76. The van der Waals surface area contributed by atoms with Crippen LogP contribution in [0.15, 0.2) is 22.7 Å². The van der Waals surface area contributed by atoms with Gasteiger partial charge in [0.15, 0.2) is 0 Å². The molecule has 82 valence electrons. The van der Waals surface area contributed by atoms with Crippen LogP contribution in [-0.4, -0.2) is 11.1 Å². The quantitative estimate of drug-likeness (QED) is 0.897. The Morgan fingerprint density at radius 1 is 1.60 bits per heavy atom. The molecule has 0 saturated heterocycles. The molecule has 0 saturated carbocycles. The summed E-state index contributed by atoms with van der Waals surface area (Å²) in [5.41, 5.74) is 6.70. The van der Waals surface area contributed by atoms with Crippen molar-refractivity contribution in [2.75, 3.05) is 0 Å². The first-order valence-electron chi connectivity index (χ1n) is 4.43. The van der Waals surface area contributed by atoms with Gasteiger partial charge in [-0.3, -0.25) is 4.79 Å². The standard InChI is InChI=1S/C10H11BrClNO2/c11-8-2-1-6(12)5-7(8)9(13)3-4-10(14)15/h1-2,5,9H,3-4,13H2,(H,14,15). The Hall–Kier alpha value is -0.580. The number of hydrogen-bond donors (Lipinski definition) is 2. The second kappa shape index (κ2) is 5.49. The van der Waals surface area contributed by atoms with Gasteiger partial charge in [0, 0.05) is 22.0 Å². The molecule has 0 fully saturated rings. The lowest BCUT2D eigenvalue weighted by atomic mass is 10.0. The van der Waals surface area contributed by atoms with Gasteiger partial charge in [-0.25, -0.2) is 0 Å². The van der Waals surface area contributed by atoms with Crippen LogP contribution in [0.2, 0.25) is 5.02 Å². The summed E-state index contributed by atoms with van der Waals surface area (Å²) < 4.78 is 0.852. The van der Waals surface area contributed by atoms with Gasteiger partial charge in [0.1, 0.15) is 0 Å². The molecular weight excluding hydrogens is 281 g/mol. The molecule has 0 aliphatic carbocycles. The van der Waals surface area contributed by atoms with Gasteiger partial charge in [-0.15, -0.1) is 0 Å². The minimum absolute atomic E-state index is 0.0557. The highest BCUT2D eigenvalue weighted by Crippen LogP contribution is 2.27. The van der Waals surface area contributed by atoms with Crippen LogP contribution in [0.1, 0.15) is 24.4 Å². The maximum atomic E-state index is 10.4. The van der Waals surface area contributed by atoms with Crippen molar-refractivity contribution in [3.8, 4) is 0 Å². The third-order valence-corrected chi connectivity index (χ3v) is 2.98. The lowest BCUT2D eigenvalue weighted by Crippen LogP contribution is -2.12. The van der Waals surface area contributed by atoms with E-state index in [1.807, 2.05) is 0 Å². The maximum absolute atomic E-state index is 10.4. The fourth-order valence-corrected chi connectivity index (χ4v) is 1.95. The summed E-state index contributed by atoms with van der Waals surface area (Å²) in [5, 5.41) is 9.14. The molecule has 3 nitrogen and oxygen atoms in total. The van der Waals surface area contributed by atoms with Crippen molar-refractivity contribution in [1.29, 1.82) is 0 Å². The first kappa shape index (κ1) is 12.5. The molecule has 1 unspecified atom stereocenters. The van der Waals surface area contributed by atoms with Gasteiger partial charge in [0.25, 0.3) is 0 Å². The molecule has 0 amide bonds. The topological polar surface area (TPSA) is 63.3 Å². The molecule has 1 aromatic carbocycles. The second-order valence-corrected chi connectivity index (χ2v) is 4.50. The van der Waals surface area contributed by atoms with E-state index in [-0.39, 0.29) is 12.5 Å². The minimum atomic E-state index is -0.844. The van der Waals surface area contributed by atoms with Gasteiger partial charge in [0.05, 0.1) is 0 Å². The van der Waals surface area contributed by atoms with Crippen LogP contribution in [-0.2, 0) is 4.79 Å². The van der Waals surface area contributed by atoms with Crippen molar-refractivity contribution in [1.82, 2.24) is 0 Å². The van der Waals surface area contributed by atoms with E-state index < -0.39 is 5.97 Å². The molecular formula is C10H11BrClNO2. The molecule has 0 heterocycles. The molecule has 0 aliphatic rings. The van der Waals surface area contributed by atoms with Crippen molar-refractivity contribution < 1.29 is 9.90 Å². The maximum Gasteiger partial charge on any atom is 0.303 e. The van der Waals surface area contributed by atoms with Gasteiger partial charge in [0.2, 0.25) is 0 Å². The van der Waals surface area contributed by atoms with E-state index >= 15 is 0 Å². The van der Waals surface area contributed by atoms with Crippen LogP contribution in [0, 0.1) is 0 Å². The summed E-state index contributed by atoms with van der Waals surface area (Å²) in [7, 11) is 0. The van der Waals surface area contributed by atoms with Crippen LogP contribution in [0.5, 0.6) is 0 Å². The highest BCUT2D eigenvalue weighted by atomic mass is 79.9. The van der Waals surface area contributed by atoms with Crippen molar-refractivity contribution in [2.24, 2.45) is 5.73 Å². The third kappa shape index (κ3) is 3.81. The average molecular weight is 293 g/mol. The van der Waals surface area contributed by atoms with Crippen molar-refractivity contribution in [3.63, 3.8) is 0 Å². The molecule has 1 atom stereocenters. The van der Waals surface area contributed by atoms with E-state index in [1.165, 1.54) is 0 Å². The van der Waals surface area contributed by atoms with E-state index in [0.29, 0.717) is 11.4 Å². The minimum Gasteiger partial charge on any atom is -0.481 e. The van der Waals surface area contributed by atoms with Gasteiger partial charge < -0.3 is 10.8 Å². The number of hydrogen-bond acceptors (Lipinski definition) is 2. The highest BCUT2D eigenvalue weighted by Gasteiger charge is 2.11. The first-order chi connectivity index (χ1) is 7.00. The number of nitrogens with two attached hydrogens (primary N) is 1. The largest absolute Gasteiger partial charge is 0.481 e. The molecule has 3 N–H and O–H groups in total. The third-order valence-electron chi connectivity index (χ3n) is 2.03. The van der Waals surface area contributed by atoms with Crippen molar-refractivity contribution in [3.05, 3.63) is 33.3 Å². The van der Waals surface area contributed by atoms with E-state index in [0.717, 1.165) is 10.0 Å². The summed E-state index contributed by atoms with van der Waals surface area (Å²) in [6, 6.07) is 4.99. The Labute approximate surface area is 101 Å². The van der Waals surface area contributed by atoms with Gasteiger partial charge in [-0.1, -0.05) is 27.5 Å². The Bertz CT molecular complexity index is 370. The summed E-state index contributed by atoms with van der Waals surface area (Å²) >= 11 is 9.18. The van der Waals surface area contributed by atoms with Crippen LogP contribution in [0.25, 0.3) is 0 Å². The lowest BCUT2D eigenvalue weighted by molar-refractivity contribution is -0.137. The lowest BCUT2D eigenvalue weighted by Gasteiger charge is -2.12. The van der Waals surface area contributed by atoms with Crippen LogP contribution >= 0.6 is 27.5 Å². The normalized spacial score (nSPS) is 12.5. The molecule has 15 heavy (non-hydrogen) atoms. The first-order valence-corrected chi connectivity index (χ1v) is 5.60. The number of halogens is 2. The molecule has 0 spiro atoms. The van der Waals surface area contributed by atoms with E-state index in [1.54, 1.807) is 18.2 Å². The van der Waals surface area contributed by atoms with Gasteiger partial charge in [-0.05, 0) is 30.2 Å². The van der Waals surface area contributed by atoms with E-state index in [2.05, 4.69) is 15.9 Å². The summed E-state index contributed by atoms with van der Waals surface area (Å²) in [6.45, 7) is 0. The Morgan fingerprint density at radius 2 is 2.27 bits per heavy atom. The predicted molar refractivity (Wildman–Crippen MR) is 63.0 cm³/mol. The fraction of sp³-hybridized carbons (Fsp3) is 0.300. The van der Waals surface area contributed by atoms with Gasteiger partial charge >= 0.3 is 5.97 Å². The molecule has 0 aromatic heterocycles. The SMILES string of the molecule is NC(CCC(=O)O)c1cc(Cl)ccc1Br. The van der Waals surface area contributed by atoms with Crippen LogP contribution in [0.3, 0.4) is 0 Å². The Kier molecular flexibility index (Phi) is 4.57.